The number of aromatic nitrogens is 3. The van der Waals surface area contributed by atoms with E-state index in [-0.39, 0.29) is 17.5 Å². The monoisotopic (exact) mass is 241 g/mol. The maximum Gasteiger partial charge on any atom is 0.362 e. The van der Waals surface area contributed by atoms with Gasteiger partial charge in [0.15, 0.2) is 5.65 Å². The molecule has 6 nitrogen and oxygen atoms in total. The van der Waals surface area contributed by atoms with Gasteiger partial charge in [-0.3, -0.25) is 0 Å². The molecule has 0 aromatic carbocycles. The third kappa shape index (κ3) is 1.67. The normalized spacial score (nSPS) is 10.6. The quantitative estimate of drug-likeness (QED) is 0.801. The minimum absolute atomic E-state index is 0.126. The van der Waals surface area contributed by atoms with Crippen LogP contribution in [0, 0.1) is 0 Å². The van der Waals surface area contributed by atoms with Crippen molar-refractivity contribution >= 4 is 23.2 Å². The van der Waals surface area contributed by atoms with E-state index in [1.54, 1.807) is 6.92 Å². The Kier molecular flexibility index (Phi) is 2.66. The predicted octanol–water partition coefficient (Wildman–Crippen LogP) is 1.26. The molecule has 0 aliphatic rings. The zero-order valence-corrected chi connectivity index (χ0v) is 9.10. The molecule has 1 N–H and O–H groups in total. The minimum Gasteiger partial charge on any atom is -0.491 e. The lowest BCUT2D eigenvalue weighted by molar-refractivity contribution is 0.0513. The SMILES string of the molecule is CCOC(=O)c1c(O)nc2ccc(Cl)nn12. The van der Waals surface area contributed by atoms with Crippen LogP contribution < -0.4 is 0 Å². The van der Waals surface area contributed by atoms with E-state index >= 15 is 0 Å². The Morgan fingerprint density at radius 3 is 3.06 bits per heavy atom. The van der Waals surface area contributed by atoms with Crippen LogP contribution in [0.25, 0.3) is 5.65 Å². The first-order valence-electron chi connectivity index (χ1n) is 4.55. The highest BCUT2D eigenvalue weighted by atomic mass is 35.5. The molecular formula is C9H8ClN3O3. The van der Waals surface area contributed by atoms with Gasteiger partial charge in [0.1, 0.15) is 5.15 Å². The van der Waals surface area contributed by atoms with Gasteiger partial charge < -0.3 is 9.84 Å². The lowest BCUT2D eigenvalue weighted by Gasteiger charge is -2.00. The molecule has 7 heteroatoms. The molecule has 2 aromatic rings. The number of carbonyl (C=O) groups excluding carboxylic acids is 1. The topological polar surface area (TPSA) is 76.7 Å². The van der Waals surface area contributed by atoms with E-state index in [1.165, 1.54) is 12.1 Å². The average Bonchev–Trinajstić information content (AvgIpc) is 2.53. The summed E-state index contributed by atoms with van der Waals surface area (Å²) in [7, 11) is 0. The fourth-order valence-corrected chi connectivity index (χ4v) is 1.42. The van der Waals surface area contributed by atoms with Crippen molar-refractivity contribution in [1.29, 1.82) is 0 Å². The summed E-state index contributed by atoms with van der Waals surface area (Å²) in [6.45, 7) is 1.87. The number of fused-ring (bicyclic) bond motifs is 1. The Morgan fingerprint density at radius 1 is 1.62 bits per heavy atom. The van der Waals surface area contributed by atoms with Gasteiger partial charge >= 0.3 is 5.97 Å². The van der Waals surface area contributed by atoms with E-state index in [0.717, 1.165) is 4.52 Å². The predicted molar refractivity (Wildman–Crippen MR) is 55.6 cm³/mol. The van der Waals surface area contributed by atoms with Crippen molar-refractivity contribution in [3.63, 3.8) is 0 Å². The summed E-state index contributed by atoms with van der Waals surface area (Å²) in [5.74, 6) is -1.12. The van der Waals surface area contributed by atoms with Gasteiger partial charge in [0.05, 0.1) is 6.61 Å². The smallest absolute Gasteiger partial charge is 0.362 e. The van der Waals surface area contributed by atoms with E-state index in [4.69, 9.17) is 16.3 Å². The highest BCUT2D eigenvalue weighted by Crippen LogP contribution is 2.19. The lowest BCUT2D eigenvalue weighted by atomic mass is 10.4. The molecule has 2 heterocycles. The Balaban J connectivity index is 2.62. The van der Waals surface area contributed by atoms with Gasteiger partial charge in [-0.25, -0.2) is 9.31 Å². The Morgan fingerprint density at radius 2 is 2.38 bits per heavy atom. The number of ether oxygens (including phenoxy) is 1. The second-order valence-corrected chi connectivity index (χ2v) is 3.32. The number of hydrogen-bond donors (Lipinski definition) is 1. The van der Waals surface area contributed by atoms with Crippen LogP contribution in [0.15, 0.2) is 12.1 Å². The number of aromatic hydroxyl groups is 1. The van der Waals surface area contributed by atoms with E-state index in [0.29, 0.717) is 5.65 Å². The van der Waals surface area contributed by atoms with Crippen molar-refractivity contribution < 1.29 is 14.6 Å². The molecule has 0 unspecified atom stereocenters. The molecule has 0 aliphatic carbocycles. The molecule has 0 saturated heterocycles. The molecule has 16 heavy (non-hydrogen) atoms. The molecule has 0 bridgehead atoms. The van der Waals surface area contributed by atoms with Crippen molar-refractivity contribution in [3.05, 3.63) is 23.0 Å². The van der Waals surface area contributed by atoms with E-state index < -0.39 is 11.8 Å². The van der Waals surface area contributed by atoms with Crippen LogP contribution in [0.3, 0.4) is 0 Å². The third-order valence-corrected chi connectivity index (χ3v) is 2.10. The third-order valence-electron chi connectivity index (χ3n) is 1.90. The van der Waals surface area contributed by atoms with Crippen LogP contribution in [-0.4, -0.2) is 32.3 Å². The number of imidazole rings is 1. The molecule has 0 atom stereocenters. The van der Waals surface area contributed by atoms with Crippen molar-refractivity contribution in [2.75, 3.05) is 6.61 Å². The fourth-order valence-electron chi connectivity index (χ4n) is 1.28. The molecule has 0 amide bonds. The second kappa shape index (κ2) is 3.97. The molecule has 0 radical (unpaired) electrons. The first-order chi connectivity index (χ1) is 7.63. The standard InChI is InChI=1S/C9H8ClN3O3/c1-2-16-9(15)7-8(14)11-6-4-3-5(10)12-13(6)7/h3-4,14H,2H2,1H3. The van der Waals surface area contributed by atoms with Crippen LogP contribution >= 0.6 is 11.6 Å². The second-order valence-electron chi connectivity index (χ2n) is 2.93. The molecule has 0 spiro atoms. The maximum atomic E-state index is 11.5. The summed E-state index contributed by atoms with van der Waals surface area (Å²) in [6.07, 6.45) is 0. The molecule has 0 aliphatic heterocycles. The summed E-state index contributed by atoms with van der Waals surface area (Å²) in [5, 5.41) is 13.6. The fraction of sp³-hybridized carbons (Fsp3) is 0.222. The summed E-state index contributed by atoms with van der Waals surface area (Å²) < 4.78 is 5.92. The van der Waals surface area contributed by atoms with Crippen LogP contribution in [0.4, 0.5) is 0 Å². The lowest BCUT2D eigenvalue weighted by Crippen LogP contribution is -2.09. The van der Waals surface area contributed by atoms with E-state index in [1.807, 2.05) is 0 Å². The minimum atomic E-state index is -0.692. The van der Waals surface area contributed by atoms with Crippen LogP contribution in [-0.2, 0) is 4.74 Å². The first-order valence-corrected chi connectivity index (χ1v) is 4.92. The van der Waals surface area contributed by atoms with Gasteiger partial charge in [0, 0.05) is 0 Å². The molecular weight excluding hydrogens is 234 g/mol. The van der Waals surface area contributed by atoms with E-state index in [2.05, 4.69) is 10.1 Å². The number of esters is 1. The van der Waals surface area contributed by atoms with Gasteiger partial charge in [0.2, 0.25) is 11.6 Å². The highest BCUT2D eigenvalue weighted by Gasteiger charge is 2.21. The van der Waals surface area contributed by atoms with E-state index in [9.17, 15) is 9.90 Å². The molecule has 2 rings (SSSR count). The van der Waals surface area contributed by atoms with Crippen molar-refractivity contribution in [3.8, 4) is 5.88 Å². The zero-order chi connectivity index (χ0) is 11.7. The van der Waals surface area contributed by atoms with Gasteiger partial charge in [-0.2, -0.15) is 10.1 Å². The van der Waals surface area contributed by atoms with Gasteiger partial charge in [0.25, 0.3) is 0 Å². The number of rotatable bonds is 2. The van der Waals surface area contributed by atoms with Crippen LogP contribution in [0.2, 0.25) is 5.15 Å². The first kappa shape index (κ1) is 10.7. The van der Waals surface area contributed by atoms with Gasteiger partial charge in [-0.1, -0.05) is 11.6 Å². The summed E-state index contributed by atoms with van der Waals surface area (Å²) in [4.78, 5) is 15.3. The number of hydrogen-bond acceptors (Lipinski definition) is 5. The Labute approximate surface area is 95.4 Å². The van der Waals surface area contributed by atoms with Crippen molar-refractivity contribution in [1.82, 2.24) is 14.6 Å². The Hall–Kier alpha value is -1.82. The van der Waals surface area contributed by atoms with Crippen molar-refractivity contribution in [2.45, 2.75) is 6.92 Å². The maximum absolute atomic E-state index is 11.5. The van der Waals surface area contributed by atoms with Crippen LogP contribution in [0.1, 0.15) is 17.4 Å². The number of carbonyl (C=O) groups is 1. The summed E-state index contributed by atoms with van der Waals surface area (Å²) in [5.41, 5.74) is 0.198. The number of nitrogens with zero attached hydrogens (tertiary/aromatic N) is 3. The van der Waals surface area contributed by atoms with Crippen LogP contribution in [0.5, 0.6) is 5.88 Å². The highest BCUT2D eigenvalue weighted by molar-refractivity contribution is 6.29. The van der Waals surface area contributed by atoms with Crippen molar-refractivity contribution in [2.24, 2.45) is 0 Å². The summed E-state index contributed by atoms with van der Waals surface area (Å²) >= 11 is 5.69. The number of halogens is 1. The molecule has 0 fully saturated rings. The molecule has 2 aromatic heterocycles. The molecule has 84 valence electrons. The van der Waals surface area contributed by atoms with Gasteiger partial charge in [-0.15, -0.1) is 0 Å². The van der Waals surface area contributed by atoms with Gasteiger partial charge in [-0.05, 0) is 19.1 Å². The average molecular weight is 242 g/mol. The summed E-state index contributed by atoms with van der Waals surface area (Å²) in [6, 6.07) is 3.05. The Bertz CT molecular complexity index is 552. The zero-order valence-electron chi connectivity index (χ0n) is 8.35. The largest absolute Gasteiger partial charge is 0.491 e. The molecule has 0 saturated carbocycles.